The van der Waals surface area contributed by atoms with Gasteiger partial charge in [0.1, 0.15) is 0 Å². The van der Waals surface area contributed by atoms with E-state index < -0.39 is 0 Å². The molecular weight excluding hydrogens is 124 g/mol. The molecule has 0 rings (SSSR count). The van der Waals surface area contributed by atoms with Crippen LogP contribution in [0.2, 0.25) is 0 Å². The lowest BCUT2D eigenvalue weighted by Crippen LogP contribution is -2.00. The molecule has 0 aliphatic heterocycles. The highest BCUT2D eigenvalue weighted by molar-refractivity contribution is 4.98. The van der Waals surface area contributed by atoms with Gasteiger partial charge in [0.2, 0.25) is 0 Å². The third kappa shape index (κ3) is 4.33. The highest BCUT2D eigenvalue weighted by Crippen LogP contribution is 2.00. The van der Waals surface area contributed by atoms with Crippen LogP contribution in [-0.2, 0) is 4.74 Å². The third-order valence-corrected chi connectivity index (χ3v) is 1.24. The molecule has 1 heteroatoms. The second-order valence-corrected chi connectivity index (χ2v) is 2.17. The minimum Gasteiger partial charge on any atom is -0.384 e. The maximum atomic E-state index is 5.01. The summed E-state index contributed by atoms with van der Waals surface area (Å²) in [5, 5.41) is 0. The van der Waals surface area contributed by atoms with E-state index in [9.17, 15) is 0 Å². The summed E-state index contributed by atoms with van der Waals surface area (Å²) in [6.07, 6.45) is 8.35. The number of ether oxygens (including phenoxy) is 1. The molecule has 0 unspecified atom stereocenters. The summed E-state index contributed by atoms with van der Waals surface area (Å²) in [5.74, 6) is 0.444. The number of rotatable bonds is 4. The molecule has 0 aromatic heterocycles. The van der Waals surface area contributed by atoms with E-state index in [4.69, 9.17) is 4.74 Å². The molecule has 1 nitrogen and oxygen atoms in total. The zero-order chi connectivity index (χ0) is 7.82. The van der Waals surface area contributed by atoms with Crippen molar-refractivity contribution in [3.05, 3.63) is 24.3 Å². The fourth-order valence-corrected chi connectivity index (χ4v) is 0.862. The van der Waals surface area contributed by atoms with Crippen molar-refractivity contribution in [3.63, 3.8) is 0 Å². The van der Waals surface area contributed by atoms with E-state index in [1.807, 2.05) is 26.0 Å². The minimum absolute atomic E-state index is 0.444. The van der Waals surface area contributed by atoms with Crippen LogP contribution in [0.25, 0.3) is 0 Å². The number of methoxy groups -OCH3 is 1. The molecule has 0 aromatic rings. The van der Waals surface area contributed by atoms with Gasteiger partial charge in [-0.25, -0.2) is 0 Å². The molecule has 0 atom stereocenters. The van der Waals surface area contributed by atoms with Gasteiger partial charge in [0.25, 0.3) is 0 Å². The van der Waals surface area contributed by atoms with E-state index in [0.29, 0.717) is 5.92 Å². The standard InChI is InChI=1S/C9H16O/c1-4-6-9(7-5-2)8-10-3/h4-7,9H,8H2,1-3H3. The summed E-state index contributed by atoms with van der Waals surface area (Å²) in [7, 11) is 1.72. The molecule has 0 saturated heterocycles. The minimum atomic E-state index is 0.444. The van der Waals surface area contributed by atoms with Gasteiger partial charge in [0.15, 0.2) is 0 Å². The lowest BCUT2D eigenvalue weighted by atomic mass is 10.1. The van der Waals surface area contributed by atoms with Crippen molar-refractivity contribution in [3.8, 4) is 0 Å². The Morgan fingerprint density at radius 2 is 1.70 bits per heavy atom. The van der Waals surface area contributed by atoms with Crippen LogP contribution in [0.1, 0.15) is 13.8 Å². The SMILES string of the molecule is CC=CC(C=CC)COC. The second kappa shape index (κ2) is 6.56. The summed E-state index contributed by atoms with van der Waals surface area (Å²) in [5.41, 5.74) is 0. The highest BCUT2D eigenvalue weighted by Gasteiger charge is 1.95. The summed E-state index contributed by atoms with van der Waals surface area (Å²) in [6, 6.07) is 0. The molecule has 0 aliphatic rings. The molecular formula is C9H16O. The maximum Gasteiger partial charge on any atom is 0.0559 e. The molecule has 58 valence electrons. The van der Waals surface area contributed by atoms with E-state index in [0.717, 1.165) is 6.61 Å². The molecule has 0 heterocycles. The van der Waals surface area contributed by atoms with Gasteiger partial charge in [-0.1, -0.05) is 24.3 Å². The molecule has 10 heavy (non-hydrogen) atoms. The van der Waals surface area contributed by atoms with Crippen LogP contribution in [0.15, 0.2) is 24.3 Å². The average Bonchev–Trinajstić information content (AvgIpc) is 1.90. The van der Waals surface area contributed by atoms with E-state index >= 15 is 0 Å². The Hall–Kier alpha value is -0.560. The highest BCUT2D eigenvalue weighted by atomic mass is 16.5. The quantitative estimate of drug-likeness (QED) is 0.545. The Bertz CT molecular complexity index is 102. The van der Waals surface area contributed by atoms with Gasteiger partial charge >= 0.3 is 0 Å². The van der Waals surface area contributed by atoms with Crippen molar-refractivity contribution in [2.45, 2.75) is 13.8 Å². The molecule has 0 bridgehead atoms. The van der Waals surface area contributed by atoms with Gasteiger partial charge in [0.05, 0.1) is 6.61 Å². The fraction of sp³-hybridized carbons (Fsp3) is 0.556. The first-order valence-electron chi connectivity index (χ1n) is 3.59. The number of hydrogen-bond donors (Lipinski definition) is 0. The summed E-state index contributed by atoms with van der Waals surface area (Å²) >= 11 is 0. The Morgan fingerprint density at radius 3 is 2.00 bits per heavy atom. The Morgan fingerprint density at radius 1 is 1.20 bits per heavy atom. The van der Waals surface area contributed by atoms with Gasteiger partial charge < -0.3 is 4.74 Å². The van der Waals surface area contributed by atoms with Gasteiger partial charge in [-0.3, -0.25) is 0 Å². The first-order valence-corrected chi connectivity index (χ1v) is 3.59. The molecule has 0 aromatic carbocycles. The van der Waals surface area contributed by atoms with E-state index in [2.05, 4.69) is 12.2 Å². The van der Waals surface area contributed by atoms with Crippen molar-refractivity contribution in [1.82, 2.24) is 0 Å². The van der Waals surface area contributed by atoms with E-state index in [1.165, 1.54) is 0 Å². The lowest BCUT2D eigenvalue weighted by molar-refractivity contribution is 0.184. The zero-order valence-corrected chi connectivity index (χ0v) is 7.00. The fourth-order valence-electron chi connectivity index (χ4n) is 0.862. The van der Waals surface area contributed by atoms with Crippen LogP contribution in [0.4, 0.5) is 0 Å². The van der Waals surface area contributed by atoms with Gasteiger partial charge in [-0.2, -0.15) is 0 Å². The maximum absolute atomic E-state index is 5.01. The third-order valence-electron chi connectivity index (χ3n) is 1.24. The zero-order valence-electron chi connectivity index (χ0n) is 7.00. The van der Waals surface area contributed by atoms with Crippen molar-refractivity contribution >= 4 is 0 Å². The van der Waals surface area contributed by atoms with Crippen LogP contribution < -0.4 is 0 Å². The first-order chi connectivity index (χ1) is 4.85. The number of allylic oxidation sites excluding steroid dienone is 2. The molecule has 0 saturated carbocycles. The molecule has 0 N–H and O–H groups in total. The van der Waals surface area contributed by atoms with Crippen molar-refractivity contribution in [1.29, 1.82) is 0 Å². The smallest absolute Gasteiger partial charge is 0.0559 e. The van der Waals surface area contributed by atoms with Crippen LogP contribution in [-0.4, -0.2) is 13.7 Å². The predicted octanol–water partition coefficient (Wildman–Crippen LogP) is 2.40. The van der Waals surface area contributed by atoms with Crippen molar-refractivity contribution < 1.29 is 4.74 Å². The molecule has 0 spiro atoms. The van der Waals surface area contributed by atoms with Crippen LogP contribution in [0.5, 0.6) is 0 Å². The summed E-state index contributed by atoms with van der Waals surface area (Å²) in [4.78, 5) is 0. The topological polar surface area (TPSA) is 9.23 Å². The van der Waals surface area contributed by atoms with Crippen molar-refractivity contribution in [2.75, 3.05) is 13.7 Å². The normalized spacial score (nSPS) is 15.1. The van der Waals surface area contributed by atoms with Gasteiger partial charge in [0, 0.05) is 13.0 Å². The van der Waals surface area contributed by atoms with Crippen LogP contribution in [0.3, 0.4) is 0 Å². The lowest BCUT2D eigenvalue weighted by Gasteiger charge is -2.03. The molecule has 0 amide bonds. The molecule has 0 aliphatic carbocycles. The van der Waals surface area contributed by atoms with E-state index in [-0.39, 0.29) is 0 Å². The summed E-state index contributed by atoms with van der Waals surface area (Å²) < 4.78 is 5.01. The van der Waals surface area contributed by atoms with Crippen molar-refractivity contribution in [2.24, 2.45) is 5.92 Å². The second-order valence-electron chi connectivity index (χ2n) is 2.17. The Labute approximate surface area is 63.4 Å². The first kappa shape index (κ1) is 9.44. The summed E-state index contributed by atoms with van der Waals surface area (Å²) in [6.45, 7) is 4.81. The Balaban J connectivity index is 3.72. The van der Waals surface area contributed by atoms with Gasteiger partial charge in [-0.05, 0) is 13.8 Å². The Kier molecular flexibility index (Phi) is 6.19. The monoisotopic (exact) mass is 140 g/mol. The predicted molar refractivity (Wildman–Crippen MR) is 45.0 cm³/mol. The molecule has 0 fully saturated rings. The van der Waals surface area contributed by atoms with E-state index in [1.54, 1.807) is 7.11 Å². The number of hydrogen-bond acceptors (Lipinski definition) is 1. The average molecular weight is 140 g/mol. The van der Waals surface area contributed by atoms with Gasteiger partial charge in [-0.15, -0.1) is 0 Å². The van der Waals surface area contributed by atoms with Crippen LogP contribution in [0, 0.1) is 5.92 Å². The molecule has 0 radical (unpaired) electrons. The van der Waals surface area contributed by atoms with Crippen LogP contribution >= 0.6 is 0 Å². The largest absolute Gasteiger partial charge is 0.384 e.